The summed E-state index contributed by atoms with van der Waals surface area (Å²) in [6.45, 7) is 3.82. The molecule has 0 bridgehead atoms. The van der Waals surface area contributed by atoms with Crippen molar-refractivity contribution >= 4 is 23.2 Å². The smallest absolute Gasteiger partial charge is 0.142 e. The maximum absolute atomic E-state index is 6.40. The maximum atomic E-state index is 6.40. The van der Waals surface area contributed by atoms with Crippen molar-refractivity contribution in [2.45, 2.75) is 26.6 Å². The molecule has 0 aliphatic rings. The first-order valence-corrected chi connectivity index (χ1v) is 9.80. The summed E-state index contributed by atoms with van der Waals surface area (Å²) < 4.78 is 11.2. The molecule has 5 heteroatoms. The van der Waals surface area contributed by atoms with Crippen molar-refractivity contribution in [3.63, 3.8) is 0 Å². The Kier molecular flexibility index (Phi) is 7.21. The summed E-state index contributed by atoms with van der Waals surface area (Å²) in [4.78, 5) is 0. The van der Waals surface area contributed by atoms with Gasteiger partial charge in [0.2, 0.25) is 0 Å². The molecule has 28 heavy (non-hydrogen) atoms. The molecule has 0 fully saturated rings. The standard InChI is InChI=1S/C23H23Cl2NO2/c1-16-3-5-18(6-4-16)15-28-23-19(11-20(24)12-22(23)25)14-26-13-17-7-9-21(27-2)10-8-17/h3-12,26H,13-15H2,1-2H3. The van der Waals surface area contributed by atoms with Gasteiger partial charge in [-0.1, -0.05) is 65.2 Å². The van der Waals surface area contributed by atoms with E-state index in [0.29, 0.717) is 35.5 Å². The molecule has 0 atom stereocenters. The van der Waals surface area contributed by atoms with Gasteiger partial charge in [-0.3, -0.25) is 0 Å². The van der Waals surface area contributed by atoms with Gasteiger partial charge in [0, 0.05) is 23.7 Å². The second-order valence-electron chi connectivity index (χ2n) is 6.60. The molecule has 1 N–H and O–H groups in total. The number of benzene rings is 3. The second kappa shape index (κ2) is 9.83. The first-order chi connectivity index (χ1) is 13.5. The molecular weight excluding hydrogens is 393 g/mol. The van der Waals surface area contributed by atoms with Crippen LogP contribution in [0.15, 0.2) is 60.7 Å². The van der Waals surface area contributed by atoms with E-state index in [-0.39, 0.29) is 0 Å². The molecule has 3 nitrogen and oxygen atoms in total. The van der Waals surface area contributed by atoms with E-state index in [1.54, 1.807) is 13.2 Å². The van der Waals surface area contributed by atoms with Crippen LogP contribution in [-0.4, -0.2) is 7.11 Å². The van der Waals surface area contributed by atoms with Gasteiger partial charge in [-0.15, -0.1) is 0 Å². The number of rotatable bonds is 8. The summed E-state index contributed by atoms with van der Waals surface area (Å²) >= 11 is 12.6. The van der Waals surface area contributed by atoms with E-state index < -0.39 is 0 Å². The van der Waals surface area contributed by atoms with Gasteiger partial charge in [0.05, 0.1) is 12.1 Å². The quantitative estimate of drug-likeness (QED) is 0.476. The van der Waals surface area contributed by atoms with Crippen molar-refractivity contribution in [1.29, 1.82) is 0 Å². The van der Waals surface area contributed by atoms with Gasteiger partial charge in [0.25, 0.3) is 0 Å². The highest BCUT2D eigenvalue weighted by Crippen LogP contribution is 2.33. The average molecular weight is 416 g/mol. The Morgan fingerprint density at radius 2 is 1.54 bits per heavy atom. The van der Waals surface area contributed by atoms with Crippen molar-refractivity contribution in [1.82, 2.24) is 5.32 Å². The van der Waals surface area contributed by atoms with Crippen LogP contribution < -0.4 is 14.8 Å². The van der Waals surface area contributed by atoms with Gasteiger partial charge >= 0.3 is 0 Å². The van der Waals surface area contributed by atoms with Crippen LogP contribution in [0, 0.1) is 6.92 Å². The summed E-state index contributed by atoms with van der Waals surface area (Å²) in [6.07, 6.45) is 0. The number of ether oxygens (including phenoxy) is 2. The zero-order chi connectivity index (χ0) is 19.9. The number of hydrogen-bond donors (Lipinski definition) is 1. The minimum Gasteiger partial charge on any atom is -0.497 e. The van der Waals surface area contributed by atoms with E-state index in [1.807, 2.05) is 30.3 Å². The third-order valence-corrected chi connectivity index (χ3v) is 4.89. The van der Waals surface area contributed by atoms with Crippen LogP contribution in [0.1, 0.15) is 22.3 Å². The summed E-state index contributed by atoms with van der Waals surface area (Å²) in [6, 6.07) is 19.8. The lowest BCUT2D eigenvalue weighted by atomic mass is 10.1. The van der Waals surface area contributed by atoms with Crippen LogP contribution >= 0.6 is 23.2 Å². The van der Waals surface area contributed by atoms with Crippen molar-refractivity contribution in [3.8, 4) is 11.5 Å². The predicted molar refractivity (Wildman–Crippen MR) is 116 cm³/mol. The molecule has 0 unspecified atom stereocenters. The van der Waals surface area contributed by atoms with E-state index in [9.17, 15) is 0 Å². The Morgan fingerprint density at radius 1 is 0.857 bits per heavy atom. The first kappa shape index (κ1) is 20.5. The lowest BCUT2D eigenvalue weighted by molar-refractivity contribution is 0.302. The lowest BCUT2D eigenvalue weighted by Crippen LogP contribution is -2.14. The van der Waals surface area contributed by atoms with Crippen LogP contribution in [0.3, 0.4) is 0 Å². The Balaban J connectivity index is 1.66. The van der Waals surface area contributed by atoms with E-state index in [2.05, 4.69) is 36.5 Å². The molecule has 3 aromatic carbocycles. The minimum atomic E-state index is 0.452. The topological polar surface area (TPSA) is 30.5 Å². The highest BCUT2D eigenvalue weighted by molar-refractivity contribution is 6.35. The second-order valence-corrected chi connectivity index (χ2v) is 7.45. The fourth-order valence-corrected chi connectivity index (χ4v) is 3.42. The van der Waals surface area contributed by atoms with Gasteiger partial charge in [0.15, 0.2) is 0 Å². The number of nitrogens with one attached hydrogen (secondary N) is 1. The summed E-state index contributed by atoms with van der Waals surface area (Å²) in [5.41, 5.74) is 4.40. The van der Waals surface area contributed by atoms with Crippen LogP contribution in [-0.2, 0) is 19.7 Å². The highest BCUT2D eigenvalue weighted by atomic mass is 35.5. The van der Waals surface area contributed by atoms with Gasteiger partial charge in [0.1, 0.15) is 18.1 Å². The van der Waals surface area contributed by atoms with Gasteiger partial charge < -0.3 is 14.8 Å². The van der Waals surface area contributed by atoms with Crippen LogP contribution in [0.4, 0.5) is 0 Å². The van der Waals surface area contributed by atoms with Crippen LogP contribution in [0.2, 0.25) is 10.0 Å². The average Bonchev–Trinajstić information content (AvgIpc) is 2.69. The van der Waals surface area contributed by atoms with E-state index in [0.717, 1.165) is 22.4 Å². The zero-order valence-electron chi connectivity index (χ0n) is 16.0. The predicted octanol–water partition coefficient (Wildman–Crippen LogP) is 6.18. The molecule has 0 radical (unpaired) electrons. The molecule has 0 spiro atoms. The number of aryl methyl sites for hydroxylation is 1. The monoisotopic (exact) mass is 415 g/mol. The first-order valence-electron chi connectivity index (χ1n) is 9.05. The van der Waals surface area contributed by atoms with E-state index in [4.69, 9.17) is 32.7 Å². The molecule has 146 valence electrons. The van der Waals surface area contributed by atoms with Gasteiger partial charge in [-0.05, 0) is 42.3 Å². The molecule has 0 heterocycles. The van der Waals surface area contributed by atoms with Crippen LogP contribution in [0.5, 0.6) is 11.5 Å². The van der Waals surface area contributed by atoms with Gasteiger partial charge in [-0.2, -0.15) is 0 Å². The largest absolute Gasteiger partial charge is 0.497 e. The molecule has 0 saturated heterocycles. The van der Waals surface area contributed by atoms with Crippen LogP contribution in [0.25, 0.3) is 0 Å². The maximum Gasteiger partial charge on any atom is 0.142 e. The molecule has 3 rings (SSSR count). The van der Waals surface area contributed by atoms with Gasteiger partial charge in [-0.25, -0.2) is 0 Å². The summed E-state index contributed by atoms with van der Waals surface area (Å²) in [7, 11) is 1.66. The molecule has 0 aromatic heterocycles. The normalized spacial score (nSPS) is 10.7. The molecule has 0 amide bonds. The third-order valence-electron chi connectivity index (χ3n) is 4.39. The highest BCUT2D eigenvalue weighted by Gasteiger charge is 2.11. The fraction of sp³-hybridized carbons (Fsp3) is 0.217. The van der Waals surface area contributed by atoms with Crippen molar-refractivity contribution in [2.24, 2.45) is 0 Å². The number of hydrogen-bond acceptors (Lipinski definition) is 3. The Bertz CT molecular complexity index is 909. The zero-order valence-corrected chi connectivity index (χ0v) is 17.5. The number of methoxy groups -OCH3 is 1. The Labute approximate surface area is 176 Å². The van der Waals surface area contributed by atoms with E-state index >= 15 is 0 Å². The minimum absolute atomic E-state index is 0.452. The van der Waals surface area contributed by atoms with Crippen molar-refractivity contribution < 1.29 is 9.47 Å². The summed E-state index contributed by atoms with van der Waals surface area (Å²) in [5, 5.41) is 4.52. The SMILES string of the molecule is COc1ccc(CNCc2cc(Cl)cc(Cl)c2OCc2ccc(C)cc2)cc1. The third kappa shape index (κ3) is 5.65. The fourth-order valence-electron chi connectivity index (χ4n) is 2.83. The molecule has 0 saturated carbocycles. The Morgan fingerprint density at radius 3 is 2.21 bits per heavy atom. The van der Waals surface area contributed by atoms with Crippen molar-refractivity contribution in [3.05, 3.63) is 93.0 Å². The Hall–Kier alpha value is -2.20. The molecule has 0 aliphatic carbocycles. The lowest BCUT2D eigenvalue weighted by Gasteiger charge is -2.15. The van der Waals surface area contributed by atoms with E-state index in [1.165, 1.54) is 5.56 Å². The molecular formula is C23H23Cl2NO2. The summed E-state index contributed by atoms with van der Waals surface area (Å²) in [5.74, 6) is 1.51. The molecule has 3 aromatic rings. The van der Waals surface area contributed by atoms with Crippen molar-refractivity contribution in [2.75, 3.05) is 7.11 Å². The molecule has 0 aliphatic heterocycles. The number of halogens is 2.